The summed E-state index contributed by atoms with van der Waals surface area (Å²) < 4.78 is 0. The summed E-state index contributed by atoms with van der Waals surface area (Å²) in [6.45, 7) is 7.11. The molecule has 0 heterocycles. The molecule has 0 saturated heterocycles. The molecular formula is C11H19N. The van der Waals surface area contributed by atoms with Crippen LogP contribution in [-0.4, -0.2) is 12.8 Å². The average Bonchev–Trinajstić information content (AvgIpc) is 2.11. The molecule has 0 N–H and O–H groups in total. The van der Waals surface area contributed by atoms with Crippen molar-refractivity contribution in [3.63, 3.8) is 0 Å². The van der Waals surface area contributed by atoms with Crippen LogP contribution in [0.1, 0.15) is 33.6 Å². The lowest BCUT2D eigenvalue weighted by molar-refractivity contribution is 0.897. The van der Waals surface area contributed by atoms with Gasteiger partial charge in [-0.05, 0) is 32.9 Å². The summed E-state index contributed by atoms with van der Waals surface area (Å²) in [6.07, 6.45) is 10.4. The number of allylic oxidation sites excluding steroid dienone is 3. The zero-order valence-corrected chi connectivity index (χ0v) is 8.38. The van der Waals surface area contributed by atoms with Gasteiger partial charge in [-0.25, -0.2) is 0 Å². The largest absolute Gasteiger partial charge is 0.297 e. The molecule has 0 aliphatic rings. The molecule has 1 heteroatoms. The number of aliphatic imine (C=N–C) groups is 1. The van der Waals surface area contributed by atoms with E-state index in [1.54, 1.807) is 0 Å². The van der Waals surface area contributed by atoms with E-state index in [0.717, 1.165) is 19.4 Å². The topological polar surface area (TPSA) is 12.4 Å². The summed E-state index contributed by atoms with van der Waals surface area (Å²) in [6, 6.07) is 0. The maximum atomic E-state index is 4.18. The molecule has 0 spiro atoms. The lowest BCUT2D eigenvalue weighted by atomic mass is 10.1. The maximum Gasteiger partial charge on any atom is 0.0422 e. The second-order valence-corrected chi connectivity index (χ2v) is 2.62. The first-order valence-electron chi connectivity index (χ1n) is 4.60. The molecular weight excluding hydrogens is 146 g/mol. The van der Waals surface area contributed by atoms with E-state index < -0.39 is 0 Å². The number of hydrogen-bond acceptors (Lipinski definition) is 1. The van der Waals surface area contributed by atoms with E-state index in [0.29, 0.717) is 0 Å². The highest BCUT2D eigenvalue weighted by molar-refractivity contribution is 5.53. The van der Waals surface area contributed by atoms with Gasteiger partial charge < -0.3 is 0 Å². The number of nitrogens with zero attached hydrogens (tertiary/aromatic N) is 1. The summed E-state index contributed by atoms with van der Waals surface area (Å²) in [5.74, 6) is 0. The zero-order chi connectivity index (χ0) is 9.23. The van der Waals surface area contributed by atoms with Crippen LogP contribution in [0, 0.1) is 0 Å². The summed E-state index contributed by atoms with van der Waals surface area (Å²) in [7, 11) is 0. The van der Waals surface area contributed by atoms with Gasteiger partial charge in [0, 0.05) is 6.54 Å². The highest BCUT2D eigenvalue weighted by Crippen LogP contribution is 2.06. The van der Waals surface area contributed by atoms with Crippen molar-refractivity contribution in [1.29, 1.82) is 0 Å². The SMILES string of the molecule is CC=NCC/C(=C\C=C/C)CC. The minimum Gasteiger partial charge on any atom is -0.297 e. The Labute approximate surface area is 75.9 Å². The molecule has 0 bridgehead atoms. The zero-order valence-electron chi connectivity index (χ0n) is 8.38. The Balaban J connectivity index is 3.82. The Bertz CT molecular complexity index is 175. The van der Waals surface area contributed by atoms with Gasteiger partial charge >= 0.3 is 0 Å². The minimum absolute atomic E-state index is 0.924. The van der Waals surface area contributed by atoms with E-state index in [2.05, 4.69) is 30.1 Å². The first-order chi connectivity index (χ1) is 5.85. The van der Waals surface area contributed by atoms with Crippen molar-refractivity contribution in [2.75, 3.05) is 6.54 Å². The van der Waals surface area contributed by atoms with Crippen molar-refractivity contribution in [2.24, 2.45) is 4.99 Å². The van der Waals surface area contributed by atoms with Crippen molar-refractivity contribution < 1.29 is 0 Å². The van der Waals surface area contributed by atoms with Gasteiger partial charge in [-0.1, -0.05) is 30.7 Å². The standard InChI is InChI=1S/C11H19N/c1-4-7-8-11(5-2)9-10-12-6-3/h4,6-8H,5,9-10H2,1-3H3/b7-4-,11-8-,12-6?. The smallest absolute Gasteiger partial charge is 0.0422 e. The Morgan fingerprint density at radius 2 is 2.08 bits per heavy atom. The fourth-order valence-electron chi connectivity index (χ4n) is 0.948. The molecule has 0 atom stereocenters. The molecule has 0 unspecified atom stereocenters. The van der Waals surface area contributed by atoms with Crippen LogP contribution < -0.4 is 0 Å². The molecule has 0 saturated carbocycles. The Morgan fingerprint density at radius 3 is 2.58 bits per heavy atom. The predicted molar refractivity (Wildman–Crippen MR) is 56.8 cm³/mol. The third kappa shape index (κ3) is 5.90. The third-order valence-electron chi connectivity index (χ3n) is 1.72. The Kier molecular flexibility index (Phi) is 7.66. The lowest BCUT2D eigenvalue weighted by Crippen LogP contribution is -1.85. The normalized spacial score (nSPS) is 13.4. The summed E-state index contributed by atoms with van der Waals surface area (Å²) in [5, 5.41) is 0. The van der Waals surface area contributed by atoms with Crippen LogP contribution in [0.15, 0.2) is 28.8 Å². The van der Waals surface area contributed by atoms with Crippen molar-refractivity contribution in [3.8, 4) is 0 Å². The summed E-state index contributed by atoms with van der Waals surface area (Å²) in [5.41, 5.74) is 1.47. The monoisotopic (exact) mass is 165 g/mol. The second kappa shape index (κ2) is 8.25. The van der Waals surface area contributed by atoms with Crippen LogP contribution in [0.5, 0.6) is 0 Å². The van der Waals surface area contributed by atoms with Gasteiger partial charge in [-0.15, -0.1) is 0 Å². The van der Waals surface area contributed by atoms with Gasteiger partial charge in [0.2, 0.25) is 0 Å². The van der Waals surface area contributed by atoms with Crippen molar-refractivity contribution in [3.05, 3.63) is 23.8 Å². The predicted octanol–water partition coefficient (Wildman–Crippen LogP) is 3.38. The minimum atomic E-state index is 0.924. The molecule has 0 aromatic carbocycles. The van der Waals surface area contributed by atoms with Crippen LogP contribution in [0.2, 0.25) is 0 Å². The van der Waals surface area contributed by atoms with E-state index in [1.165, 1.54) is 5.57 Å². The quantitative estimate of drug-likeness (QED) is 0.437. The van der Waals surface area contributed by atoms with E-state index in [-0.39, 0.29) is 0 Å². The Hall–Kier alpha value is -0.850. The van der Waals surface area contributed by atoms with Gasteiger partial charge in [0.15, 0.2) is 0 Å². The van der Waals surface area contributed by atoms with Crippen molar-refractivity contribution >= 4 is 6.21 Å². The molecule has 0 fully saturated rings. The van der Waals surface area contributed by atoms with Crippen LogP contribution in [0.25, 0.3) is 0 Å². The van der Waals surface area contributed by atoms with Crippen LogP contribution in [0.4, 0.5) is 0 Å². The fourth-order valence-corrected chi connectivity index (χ4v) is 0.948. The van der Waals surface area contributed by atoms with Gasteiger partial charge in [0.25, 0.3) is 0 Å². The lowest BCUT2D eigenvalue weighted by Gasteiger charge is -1.99. The van der Waals surface area contributed by atoms with E-state index in [4.69, 9.17) is 0 Å². The third-order valence-corrected chi connectivity index (χ3v) is 1.72. The molecule has 0 rings (SSSR count). The molecule has 12 heavy (non-hydrogen) atoms. The molecule has 0 radical (unpaired) electrons. The Morgan fingerprint density at radius 1 is 1.33 bits per heavy atom. The van der Waals surface area contributed by atoms with Gasteiger partial charge in [0.05, 0.1) is 0 Å². The molecule has 0 aromatic rings. The van der Waals surface area contributed by atoms with E-state index in [1.807, 2.05) is 20.1 Å². The highest BCUT2D eigenvalue weighted by Gasteiger charge is 1.90. The summed E-state index contributed by atoms with van der Waals surface area (Å²) in [4.78, 5) is 4.18. The molecule has 0 amide bonds. The maximum absolute atomic E-state index is 4.18. The molecule has 0 aliphatic carbocycles. The summed E-state index contributed by atoms with van der Waals surface area (Å²) >= 11 is 0. The number of rotatable bonds is 5. The first kappa shape index (κ1) is 11.2. The molecule has 1 nitrogen and oxygen atoms in total. The first-order valence-corrected chi connectivity index (χ1v) is 4.60. The van der Waals surface area contributed by atoms with Crippen LogP contribution in [0.3, 0.4) is 0 Å². The van der Waals surface area contributed by atoms with Crippen molar-refractivity contribution in [2.45, 2.75) is 33.6 Å². The second-order valence-electron chi connectivity index (χ2n) is 2.62. The molecule has 68 valence electrons. The molecule has 0 aromatic heterocycles. The van der Waals surface area contributed by atoms with Crippen LogP contribution in [-0.2, 0) is 0 Å². The fraction of sp³-hybridized carbons (Fsp3) is 0.545. The number of hydrogen-bond donors (Lipinski definition) is 0. The van der Waals surface area contributed by atoms with Gasteiger partial charge in [-0.3, -0.25) is 4.99 Å². The highest BCUT2D eigenvalue weighted by atomic mass is 14.7. The van der Waals surface area contributed by atoms with E-state index in [9.17, 15) is 0 Å². The van der Waals surface area contributed by atoms with Gasteiger partial charge in [-0.2, -0.15) is 0 Å². The van der Waals surface area contributed by atoms with Crippen molar-refractivity contribution in [1.82, 2.24) is 0 Å². The van der Waals surface area contributed by atoms with Gasteiger partial charge in [0.1, 0.15) is 0 Å². The average molecular weight is 165 g/mol. The molecule has 0 aliphatic heterocycles. The van der Waals surface area contributed by atoms with Crippen LogP contribution >= 0.6 is 0 Å². The van der Waals surface area contributed by atoms with E-state index >= 15 is 0 Å².